The normalized spacial score (nSPS) is 10.9. The zero-order valence-corrected chi connectivity index (χ0v) is 17.0. The van der Waals surface area contributed by atoms with Crippen LogP contribution in [0.5, 0.6) is 5.75 Å². The van der Waals surface area contributed by atoms with Gasteiger partial charge < -0.3 is 15.4 Å². The number of ether oxygens (including phenoxy) is 1. The SMILES string of the molecule is CN=C(NCCn1cc(C)cn1)NCc1ccc(C)cc1OC.I. The van der Waals surface area contributed by atoms with E-state index in [0.717, 1.165) is 30.4 Å². The van der Waals surface area contributed by atoms with E-state index >= 15 is 0 Å². The predicted molar refractivity (Wildman–Crippen MR) is 108 cm³/mol. The summed E-state index contributed by atoms with van der Waals surface area (Å²) in [6, 6.07) is 6.18. The second kappa shape index (κ2) is 10.2. The molecular formula is C17H26IN5O. The lowest BCUT2D eigenvalue weighted by molar-refractivity contribution is 0.408. The average Bonchev–Trinajstić information content (AvgIpc) is 2.96. The van der Waals surface area contributed by atoms with Crippen LogP contribution in [-0.4, -0.2) is 36.4 Å². The smallest absolute Gasteiger partial charge is 0.191 e. The summed E-state index contributed by atoms with van der Waals surface area (Å²) in [4.78, 5) is 4.24. The predicted octanol–water partition coefficient (Wildman–Crippen LogP) is 2.49. The van der Waals surface area contributed by atoms with Gasteiger partial charge in [0.1, 0.15) is 5.75 Å². The van der Waals surface area contributed by atoms with E-state index in [4.69, 9.17) is 4.74 Å². The second-order valence-corrected chi connectivity index (χ2v) is 5.45. The molecule has 0 aliphatic heterocycles. The first-order valence-corrected chi connectivity index (χ1v) is 7.69. The van der Waals surface area contributed by atoms with Crippen molar-refractivity contribution in [1.82, 2.24) is 20.4 Å². The van der Waals surface area contributed by atoms with E-state index < -0.39 is 0 Å². The molecule has 0 spiro atoms. The van der Waals surface area contributed by atoms with Crippen LogP contribution in [0.4, 0.5) is 0 Å². The van der Waals surface area contributed by atoms with E-state index in [1.54, 1.807) is 14.2 Å². The zero-order chi connectivity index (χ0) is 16.7. The molecule has 7 heteroatoms. The molecule has 2 aromatic rings. The molecule has 132 valence electrons. The van der Waals surface area contributed by atoms with Gasteiger partial charge in [-0.05, 0) is 31.0 Å². The number of guanidine groups is 1. The third kappa shape index (κ3) is 6.03. The lowest BCUT2D eigenvalue weighted by atomic mass is 10.1. The van der Waals surface area contributed by atoms with Crippen molar-refractivity contribution in [2.45, 2.75) is 26.9 Å². The van der Waals surface area contributed by atoms with Gasteiger partial charge in [-0.2, -0.15) is 5.10 Å². The summed E-state index contributed by atoms with van der Waals surface area (Å²) >= 11 is 0. The fraction of sp³-hybridized carbons (Fsp3) is 0.412. The fourth-order valence-corrected chi connectivity index (χ4v) is 2.28. The highest BCUT2D eigenvalue weighted by molar-refractivity contribution is 14.0. The number of hydrogen-bond acceptors (Lipinski definition) is 3. The molecule has 1 aromatic carbocycles. The van der Waals surface area contributed by atoms with Gasteiger partial charge in [-0.1, -0.05) is 12.1 Å². The molecule has 0 saturated heterocycles. The van der Waals surface area contributed by atoms with Crippen molar-refractivity contribution in [1.29, 1.82) is 0 Å². The Balaban J connectivity index is 0.00000288. The Labute approximate surface area is 160 Å². The molecule has 24 heavy (non-hydrogen) atoms. The number of aryl methyl sites for hydroxylation is 2. The minimum absolute atomic E-state index is 0. The highest BCUT2D eigenvalue weighted by atomic mass is 127. The number of aliphatic imine (C=N–C) groups is 1. The molecule has 1 aromatic heterocycles. The molecule has 0 saturated carbocycles. The molecule has 0 aliphatic carbocycles. The maximum absolute atomic E-state index is 5.42. The molecular weight excluding hydrogens is 417 g/mol. The van der Waals surface area contributed by atoms with Crippen LogP contribution in [0, 0.1) is 13.8 Å². The largest absolute Gasteiger partial charge is 0.496 e. The van der Waals surface area contributed by atoms with Crippen molar-refractivity contribution < 1.29 is 4.74 Å². The van der Waals surface area contributed by atoms with Crippen LogP contribution in [0.1, 0.15) is 16.7 Å². The first kappa shape index (κ1) is 20.3. The maximum Gasteiger partial charge on any atom is 0.191 e. The van der Waals surface area contributed by atoms with E-state index in [2.05, 4.69) is 39.8 Å². The Morgan fingerprint density at radius 1 is 1.25 bits per heavy atom. The lowest BCUT2D eigenvalue weighted by Crippen LogP contribution is -2.38. The highest BCUT2D eigenvalue weighted by Crippen LogP contribution is 2.19. The molecule has 2 rings (SSSR count). The number of nitrogens with zero attached hydrogens (tertiary/aromatic N) is 3. The van der Waals surface area contributed by atoms with Crippen molar-refractivity contribution in [3.05, 3.63) is 47.3 Å². The van der Waals surface area contributed by atoms with Gasteiger partial charge >= 0.3 is 0 Å². The number of halogens is 1. The van der Waals surface area contributed by atoms with Gasteiger partial charge in [0.2, 0.25) is 0 Å². The first-order valence-electron chi connectivity index (χ1n) is 7.69. The summed E-state index contributed by atoms with van der Waals surface area (Å²) in [6.07, 6.45) is 3.88. The third-order valence-corrected chi connectivity index (χ3v) is 3.51. The van der Waals surface area contributed by atoms with E-state index in [1.165, 1.54) is 11.1 Å². The maximum atomic E-state index is 5.42. The minimum Gasteiger partial charge on any atom is -0.496 e. The molecule has 6 nitrogen and oxygen atoms in total. The van der Waals surface area contributed by atoms with Gasteiger partial charge in [0, 0.05) is 31.9 Å². The van der Waals surface area contributed by atoms with Crippen LogP contribution in [0.2, 0.25) is 0 Å². The lowest BCUT2D eigenvalue weighted by Gasteiger charge is -2.14. The molecule has 0 aliphatic rings. The standard InChI is InChI=1S/C17H25N5O.HI/c1-13-5-6-15(16(9-13)23-4)11-20-17(18-3)19-7-8-22-12-14(2)10-21-22;/h5-6,9-10,12H,7-8,11H2,1-4H3,(H2,18,19,20);1H. The molecule has 0 fully saturated rings. The van der Waals surface area contributed by atoms with Gasteiger partial charge in [0.15, 0.2) is 5.96 Å². The van der Waals surface area contributed by atoms with Crippen LogP contribution in [0.3, 0.4) is 0 Å². The fourth-order valence-electron chi connectivity index (χ4n) is 2.28. The van der Waals surface area contributed by atoms with E-state index in [0.29, 0.717) is 6.54 Å². The summed E-state index contributed by atoms with van der Waals surface area (Å²) < 4.78 is 7.34. The van der Waals surface area contributed by atoms with Crippen LogP contribution in [-0.2, 0) is 13.1 Å². The minimum atomic E-state index is 0. The molecule has 0 bridgehead atoms. The summed E-state index contributed by atoms with van der Waals surface area (Å²) in [5.74, 6) is 1.65. The zero-order valence-electron chi connectivity index (χ0n) is 14.7. The number of aromatic nitrogens is 2. The molecule has 0 radical (unpaired) electrons. The van der Waals surface area contributed by atoms with Gasteiger partial charge in [0.05, 0.1) is 19.9 Å². The summed E-state index contributed by atoms with van der Waals surface area (Å²) in [5.41, 5.74) is 3.45. The van der Waals surface area contributed by atoms with Crippen LogP contribution >= 0.6 is 24.0 Å². The Hall–Kier alpha value is -1.77. The second-order valence-electron chi connectivity index (χ2n) is 5.45. The van der Waals surface area contributed by atoms with Crippen LogP contribution in [0.15, 0.2) is 35.6 Å². The Morgan fingerprint density at radius 2 is 2.04 bits per heavy atom. The van der Waals surface area contributed by atoms with Gasteiger partial charge in [-0.25, -0.2) is 0 Å². The molecule has 0 amide bonds. The number of methoxy groups -OCH3 is 1. The van der Waals surface area contributed by atoms with Crippen molar-refractivity contribution in [3.8, 4) is 5.75 Å². The van der Waals surface area contributed by atoms with Gasteiger partial charge in [-0.15, -0.1) is 24.0 Å². The number of nitrogens with one attached hydrogen (secondary N) is 2. The van der Waals surface area contributed by atoms with Crippen molar-refractivity contribution >= 4 is 29.9 Å². The summed E-state index contributed by atoms with van der Waals surface area (Å²) in [7, 11) is 3.46. The Kier molecular flexibility index (Phi) is 8.59. The van der Waals surface area contributed by atoms with Crippen molar-refractivity contribution in [3.63, 3.8) is 0 Å². The van der Waals surface area contributed by atoms with Gasteiger partial charge in [-0.3, -0.25) is 9.67 Å². The van der Waals surface area contributed by atoms with E-state index in [9.17, 15) is 0 Å². The van der Waals surface area contributed by atoms with E-state index in [1.807, 2.05) is 30.1 Å². The first-order chi connectivity index (χ1) is 11.1. The Bertz CT molecular complexity index is 669. The number of hydrogen-bond donors (Lipinski definition) is 2. The summed E-state index contributed by atoms with van der Waals surface area (Å²) in [5, 5.41) is 10.8. The average molecular weight is 443 g/mol. The summed E-state index contributed by atoms with van der Waals surface area (Å²) in [6.45, 7) is 6.29. The molecule has 2 N–H and O–H groups in total. The van der Waals surface area contributed by atoms with Crippen molar-refractivity contribution in [2.75, 3.05) is 20.7 Å². The molecule has 0 unspecified atom stereocenters. The number of rotatable bonds is 6. The van der Waals surface area contributed by atoms with E-state index in [-0.39, 0.29) is 24.0 Å². The molecule has 1 heterocycles. The van der Waals surface area contributed by atoms with Crippen LogP contribution < -0.4 is 15.4 Å². The van der Waals surface area contributed by atoms with Gasteiger partial charge in [0.25, 0.3) is 0 Å². The highest BCUT2D eigenvalue weighted by Gasteiger charge is 2.04. The third-order valence-electron chi connectivity index (χ3n) is 3.51. The number of benzene rings is 1. The monoisotopic (exact) mass is 443 g/mol. The topological polar surface area (TPSA) is 63.5 Å². The van der Waals surface area contributed by atoms with Crippen LogP contribution in [0.25, 0.3) is 0 Å². The Morgan fingerprint density at radius 3 is 2.67 bits per heavy atom. The van der Waals surface area contributed by atoms with Crippen molar-refractivity contribution in [2.24, 2.45) is 4.99 Å². The molecule has 0 atom stereocenters. The quantitative estimate of drug-likeness (QED) is 0.409.